The summed E-state index contributed by atoms with van der Waals surface area (Å²) in [6.07, 6.45) is 3.32. The number of pyridine rings is 2. The Morgan fingerprint density at radius 1 is 1.25 bits per heavy atom. The second-order valence-electron chi connectivity index (χ2n) is 6.05. The molecule has 0 saturated heterocycles. The van der Waals surface area contributed by atoms with Gasteiger partial charge < -0.3 is 9.47 Å². The van der Waals surface area contributed by atoms with E-state index in [1.165, 1.54) is 11.8 Å². The number of aromatic nitrogens is 4. The predicted octanol–water partition coefficient (Wildman–Crippen LogP) is 2.04. The molecule has 0 saturated carbocycles. The van der Waals surface area contributed by atoms with Gasteiger partial charge in [-0.1, -0.05) is 0 Å². The molecule has 0 N–H and O–H groups in total. The van der Waals surface area contributed by atoms with Crippen LogP contribution in [-0.2, 0) is 13.1 Å². The van der Waals surface area contributed by atoms with E-state index in [0.717, 1.165) is 5.56 Å². The fraction of sp³-hybridized carbons (Fsp3) is 0.211. The molecule has 9 nitrogen and oxygen atoms in total. The maximum atomic E-state index is 12.7. The summed E-state index contributed by atoms with van der Waals surface area (Å²) < 4.78 is 11.9. The van der Waals surface area contributed by atoms with Crippen LogP contribution >= 0.6 is 0 Å². The summed E-state index contributed by atoms with van der Waals surface area (Å²) in [5, 5.41) is 13.0. The number of fused-ring (bicyclic) bond motifs is 1. The highest BCUT2D eigenvalue weighted by atomic mass is 16.5. The van der Waals surface area contributed by atoms with Gasteiger partial charge in [0.05, 0.1) is 43.8 Å². The van der Waals surface area contributed by atoms with Gasteiger partial charge >= 0.3 is 0 Å². The molecule has 140 valence electrons. The van der Waals surface area contributed by atoms with Gasteiger partial charge in [0.1, 0.15) is 6.54 Å². The highest BCUT2D eigenvalue weighted by Gasteiger charge is 2.31. The summed E-state index contributed by atoms with van der Waals surface area (Å²) >= 11 is 0. The minimum absolute atomic E-state index is 0.129. The van der Waals surface area contributed by atoms with Crippen molar-refractivity contribution in [1.29, 1.82) is 5.26 Å². The number of ether oxygens (including phenoxy) is 2. The van der Waals surface area contributed by atoms with Gasteiger partial charge in [0.2, 0.25) is 0 Å². The summed E-state index contributed by atoms with van der Waals surface area (Å²) in [7, 11) is 3.07. The van der Waals surface area contributed by atoms with Crippen LogP contribution < -0.4 is 14.4 Å². The zero-order chi connectivity index (χ0) is 19.7. The number of rotatable bonds is 5. The average molecular weight is 376 g/mol. The molecule has 1 aliphatic rings. The zero-order valence-corrected chi connectivity index (χ0v) is 15.3. The summed E-state index contributed by atoms with van der Waals surface area (Å²) in [6.45, 7) is 0.440. The lowest BCUT2D eigenvalue weighted by Crippen LogP contribution is -2.23. The van der Waals surface area contributed by atoms with Crippen molar-refractivity contribution in [3.8, 4) is 29.0 Å². The maximum Gasteiger partial charge on any atom is 0.261 e. The molecular formula is C19H16N6O3. The molecule has 9 heteroatoms. The van der Waals surface area contributed by atoms with Gasteiger partial charge in [0.15, 0.2) is 11.6 Å². The van der Waals surface area contributed by atoms with Crippen LogP contribution in [0.25, 0.3) is 11.3 Å². The standard InChI is InChI=1S/C19H16N6O3/c1-27-16-9-12(10-21-18(16)28-2)14-4-3-13-15(22-14)11-25(19(13)26)17-5-7-24(23-17)8-6-20/h3-5,7,9-10H,8,11H2,1-2H3. The van der Waals surface area contributed by atoms with Crippen LogP contribution in [-0.4, -0.2) is 39.9 Å². The molecule has 3 aromatic rings. The normalized spacial score (nSPS) is 12.6. The molecule has 0 aromatic carbocycles. The summed E-state index contributed by atoms with van der Waals surface area (Å²) in [5.74, 6) is 1.22. The number of nitrogens with zero attached hydrogens (tertiary/aromatic N) is 6. The SMILES string of the molecule is COc1cc(-c2ccc3c(n2)CN(c2ccn(CC#N)n2)C3=O)cnc1OC. The molecular weight excluding hydrogens is 360 g/mol. The summed E-state index contributed by atoms with van der Waals surface area (Å²) in [5.41, 5.74) is 2.63. The maximum absolute atomic E-state index is 12.7. The lowest BCUT2D eigenvalue weighted by atomic mass is 10.1. The third kappa shape index (κ3) is 2.91. The van der Waals surface area contributed by atoms with Crippen molar-refractivity contribution >= 4 is 11.7 Å². The van der Waals surface area contributed by atoms with Gasteiger partial charge in [-0.15, -0.1) is 0 Å². The number of methoxy groups -OCH3 is 2. The lowest BCUT2D eigenvalue weighted by Gasteiger charge is -2.11. The molecule has 3 aromatic heterocycles. The van der Waals surface area contributed by atoms with E-state index in [1.54, 1.807) is 48.7 Å². The average Bonchev–Trinajstić information content (AvgIpc) is 3.31. The van der Waals surface area contributed by atoms with Gasteiger partial charge in [-0.05, 0) is 18.2 Å². The van der Waals surface area contributed by atoms with Gasteiger partial charge in [0, 0.05) is 24.0 Å². The van der Waals surface area contributed by atoms with Gasteiger partial charge in [-0.2, -0.15) is 10.4 Å². The number of hydrogen-bond donors (Lipinski definition) is 0. The van der Waals surface area contributed by atoms with Crippen LogP contribution in [0.1, 0.15) is 16.1 Å². The highest BCUT2D eigenvalue weighted by molar-refractivity contribution is 6.09. The van der Waals surface area contributed by atoms with Crippen molar-refractivity contribution in [3.05, 3.63) is 47.9 Å². The lowest BCUT2D eigenvalue weighted by molar-refractivity contribution is 0.0996. The van der Waals surface area contributed by atoms with E-state index in [4.69, 9.17) is 14.7 Å². The van der Waals surface area contributed by atoms with Gasteiger partial charge in [-0.25, -0.2) is 4.98 Å². The molecule has 4 heterocycles. The number of hydrogen-bond acceptors (Lipinski definition) is 7. The first-order valence-corrected chi connectivity index (χ1v) is 8.45. The van der Waals surface area contributed by atoms with Crippen molar-refractivity contribution in [1.82, 2.24) is 19.7 Å². The zero-order valence-electron chi connectivity index (χ0n) is 15.3. The van der Waals surface area contributed by atoms with Crippen molar-refractivity contribution < 1.29 is 14.3 Å². The Morgan fingerprint density at radius 3 is 2.86 bits per heavy atom. The Morgan fingerprint density at radius 2 is 2.11 bits per heavy atom. The number of carbonyl (C=O) groups is 1. The van der Waals surface area contributed by atoms with Crippen molar-refractivity contribution in [3.63, 3.8) is 0 Å². The fourth-order valence-electron chi connectivity index (χ4n) is 3.06. The van der Waals surface area contributed by atoms with Gasteiger partial charge in [-0.3, -0.25) is 19.4 Å². The van der Waals surface area contributed by atoms with E-state index in [-0.39, 0.29) is 12.5 Å². The Hall–Kier alpha value is -3.93. The topological polar surface area (TPSA) is 106 Å². The number of carbonyl (C=O) groups excluding carboxylic acids is 1. The minimum Gasteiger partial charge on any atom is -0.491 e. The predicted molar refractivity (Wildman–Crippen MR) is 98.9 cm³/mol. The number of nitriles is 1. The first-order chi connectivity index (χ1) is 13.6. The molecule has 28 heavy (non-hydrogen) atoms. The van der Waals surface area contributed by atoms with E-state index in [1.807, 2.05) is 6.07 Å². The van der Waals surface area contributed by atoms with Crippen molar-refractivity contribution in [2.75, 3.05) is 19.1 Å². The largest absolute Gasteiger partial charge is 0.491 e. The number of anilines is 1. The van der Waals surface area contributed by atoms with Crippen molar-refractivity contribution in [2.45, 2.75) is 13.1 Å². The first kappa shape index (κ1) is 17.5. The second kappa shape index (κ2) is 7.00. The van der Waals surface area contributed by atoms with Crippen LogP contribution in [0.2, 0.25) is 0 Å². The highest BCUT2D eigenvalue weighted by Crippen LogP contribution is 2.31. The van der Waals surface area contributed by atoms with Crippen LogP contribution in [0.4, 0.5) is 5.82 Å². The minimum atomic E-state index is -0.165. The van der Waals surface area contributed by atoms with Crippen LogP contribution in [0.15, 0.2) is 36.7 Å². The Bertz CT molecular complexity index is 1100. The van der Waals surface area contributed by atoms with Crippen LogP contribution in [0.3, 0.4) is 0 Å². The fourth-order valence-corrected chi connectivity index (χ4v) is 3.06. The Kier molecular flexibility index (Phi) is 4.37. The van der Waals surface area contributed by atoms with Gasteiger partial charge in [0.25, 0.3) is 11.8 Å². The third-order valence-electron chi connectivity index (χ3n) is 4.42. The molecule has 1 amide bonds. The molecule has 0 radical (unpaired) electrons. The Balaban J connectivity index is 1.64. The Labute approximate surface area is 160 Å². The van der Waals surface area contributed by atoms with E-state index in [9.17, 15) is 4.79 Å². The molecule has 1 aliphatic heterocycles. The summed E-state index contributed by atoms with van der Waals surface area (Å²) in [4.78, 5) is 23.1. The third-order valence-corrected chi connectivity index (χ3v) is 4.42. The second-order valence-corrected chi connectivity index (χ2v) is 6.05. The van der Waals surface area contributed by atoms with E-state index < -0.39 is 0 Å². The molecule has 0 unspecified atom stereocenters. The molecule has 0 fully saturated rings. The van der Waals surface area contributed by atoms with Crippen molar-refractivity contribution in [2.24, 2.45) is 0 Å². The molecule has 0 aliphatic carbocycles. The van der Waals surface area contributed by atoms with E-state index >= 15 is 0 Å². The molecule has 0 spiro atoms. The summed E-state index contributed by atoms with van der Waals surface area (Å²) in [6, 6.07) is 9.05. The number of amides is 1. The quantitative estimate of drug-likeness (QED) is 0.671. The molecule has 0 atom stereocenters. The molecule has 0 bridgehead atoms. The first-order valence-electron chi connectivity index (χ1n) is 8.45. The molecule has 4 rings (SSSR count). The van der Waals surface area contributed by atoms with Crippen LogP contribution in [0, 0.1) is 11.3 Å². The van der Waals surface area contributed by atoms with E-state index in [2.05, 4.69) is 15.1 Å². The van der Waals surface area contributed by atoms with Crippen LogP contribution in [0.5, 0.6) is 11.6 Å². The van der Waals surface area contributed by atoms with E-state index in [0.29, 0.717) is 40.9 Å². The monoisotopic (exact) mass is 376 g/mol. The smallest absolute Gasteiger partial charge is 0.261 e.